The van der Waals surface area contributed by atoms with Crippen molar-refractivity contribution in [2.45, 2.75) is 39.8 Å². The molecule has 0 unspecified atom stereocenters. The quantitative estimate of drug-likeness (QED) is 0.808. The molecular formula is C15H23N3. The Morgan fingerprint density at radius 1 is 1.39 bits per heavy atom. The number of hydrogen-bond donors (Lipinski definition) is 1. The lowest BCUT2D eigenvalue weighted by Gasteiger charge is -2.22. The second-order valence-corrected chi connectivity index (χ2v) is 5.31. The van der Waals surface area contributed by atoms with Gasteiger partial charge in [-0.15, -0.1) is 6.42 Å². The maximum atomic E-state index is 5.36. The van der Waals surface area contributed by atoms with Crippen LogP contribution in [0.2, 0.25) is 0 Å². The van der Waals surface area contributed by atoms with E-state index in [-0.39, 0.29) is 5.54 Å². The molecule has 0 saturated heterocycles. The van der Waals surface area contributed by atoms with Crippen molar-refractivity contribution in [2.24, 2.45) is 0 Å². The van der Waals surface area contributed by atoms with Crippen LogP contribution in [0.3, 0.4) is 0 Å². The van der Waals surface area contributed by atoms with Crippen LogP contribution in [0.1, 0.15) is 33.4 Å². The van der Waals surface area contributed by atoms with Gasteiger partial charge in [0, 0.05) is 18.6 Å². The number of nitrogens with zero attached hydrogens (tertiary/aromatic N) is 2. The van der Waals surface area contributed by atoms with Crippen molar-refractivity contribution in [3.63, 3.8) is 0 Å². The Balaban J connectivity index is 2.76. The molecule has 0 bridgehead atoms. The van der Waals surface area contributed by atoms with Gasteiger partial charge in [0.1, 0.15) is 5.82 Å². The first-order chi connectivity index (χ1) is 8.46. The van der Waals surface area contributed by atoms with E-state index in [4.69, 9.17) is 6.42 Å². The second kappa shape index (κ2) is 6.42. The zero-order chi connectivity index (χ0) is 13.6. The summed E-state index contributed by atoms with van der Waals surface area (Å²) in [6, 6.07) is 6.06. The number of pyridine rings is 1. The fraction of sp³-hybridized carbons (Fsp3) is 0.533. The summed E-state index contributed by atoms with van der Waals surface area (Å²) in [6.45, 7) is 10.8. The number of nitrogens with one attached hydrogen (secondary N) is 1. The third kappa shape index (κ3) is 4.77. The summed E-state index contributed by atoms with van der Waals surface area (Å²) >= 11 is 0. The van der Waals surface area contributed by atoms with Gasteiger partial charge in [-0.3, -0.25) is 0 Å². The highest BCUT2D eigenvalue weighted by Gasteiger charge is 2.10. The Labute approximate surface area is 111 Å². The van der Waals surface area contributed by atoms with Crippen molar-refractivity contribution in [1.82, 2.24) is 10.3 Å². The Morgan fingerprint density at radius 2 is 2.11 bits per heavy atom. The van der Waals surface area contributed by atoms with E-state index in [9.17, 15) is 0 Å². The molecule has 1 aromatic heterocycles. The summed E-state index contributed by atoms with van der Waals surface area (Å²) in [4.78, 5) is 6.72. The molecule has 0 aliphatic heterocycles. The van der Waals surface area contributed by atoms with Crippen molar-refractivity contribution >= 4 is 5.82 Å². The van der Waals surface area contributed by atoms with E-state index in [2.05, 4.69) is 48.8 Å². The molecule has 3 nitrogen and oxygen atoms in total. The molecule has 0 spiro atoms. The van der Waals surface area contributed by atoms with Gasteiger partial charge in [-0.2, -0.15) is 0 Å². The molecule has 1 rings (SSSR count). The summed E-state index contributed by atoms with van der Waals surface area (Å²) in [6.07, 6.45) is 5.36. The highest BCUT2D eigenvalue weighted by Crippen LogP contribution is 2.11. The van der Waals surface area contributed by atoms with Crippen molar-refractivity contribution in [2.75, 3.05) is 18.0 Å². The van der Waals surface area contributed by atoms with E-state index in [0.29, 0.717) is 6.54 Å². The lowest BCUT2D eigenvalue weighted by atomic mass is 10.1. The molecule has 0 fully saturated rings. The van der Waals surface area contributed by atoms with Crippen LogP contribution in [-0.4, -0.2) is 23.6 Å². The molecule has 1 heterocycles. The molecule has 18 heavy (non-hydrogen) atoms. The maximum Gasteiger partial charge on any atom is 0.129 e. The van der Waals surface area contributed by atoms with Gasteiger partial charge in [-0.05, 0) is 39.8 Å². The van der Waals surface area contributed by atoms with E-state index >= 15 is 0 Å². The van der Waals surface area contributed by atoms with Gasteiger partial charge in [0.05, 0.1) is 12.2 Å². The molecule has 0 atom stereocenters. The molecule has 0 radical (unpaired) electrons. The van der Waals surface area contributed by atoms with Crippen LogP contribution in [0.15, 0.2) is 18.2 Å². The number of anilines is 1. The topological polar surface area (TPSA) is 28.2 Å². The normalized spacial score (nSPS) is 11.1. The van der Waals surface area contributed by atoms with Gasteiger partial charge in [-0.25, -0.2) is 4.98 Å². The Hall–Kier alpha value is -1.53. The monoisotopic (exact) mass is 245 g/mol. The van der Waals surface area contributed by atoms with Crippen molar-refractivity contribution in [1.29, 1.82) is 0 Å². The van der Waals surface area contributed by atoms with E-state index < -0.39 is 0 Å². The predicted octanol–water partition coefficient (Wildman–Crippen LogP) is 2.43. The first kappa shape index (κ1) is 14.5. The Morgan fingerprint density at radius 3 is 2.67 bits per heavy atom. The molecule has 0 amide bonds. The summed E-state index contributed by atoms with van der Waals surface area (Å²) in [5.74, 6) is 3.61. The van der Waals surface area contributed by atoms with E-state index in [1.165, 1.54) is 0 Å². The average Bonchev–Trinajstić information content (AvgIpc) is 2.33. The third-order valence-electron chi connectivity index (χ3n) is 2.58. The highest BCUT2D eigenvalue weighted by molar-refractivity contribution is 5.40. The minimum Gasteiger partial charge on any atom is -0.346 e. The highest BCUT2D eigenvalue weighted by atomic mass is 15.2. The fourth-order valence-electron chi connectivity index (χ4n) is 1.56. The van der Waals surface area contributed by atoms with Gasteiger partial charge in [-0.1, -0.05) is 12.0 Å². The zero-order valence-corrected chi connectivity index (χ0v) is 11.8. The first-order valence-electron chi connectivity index (χ1n) is 6.35. The molecule has 98 valence electrons. The Bertz CT molecular complexity index is 412. The van der Waals surface area contributed by atoms with E-state index in [1.807, 2.05) is 18.2 Å². The second-order valence-electron chi connectivity index (χ2n) is 5.31. The molecule has 3 heteroatoms. The molecule has 0 aromatic carbocycles. The number of terminal acetylenes is 1. The minimum absolute atomic E-state index is 0.0982. The fourth-order valence-corrected chi connectivity index (χ4v) is 1.56. The zero-order valence-electron chi connectivity index (χ0n) is 11.8. The molecule has 0 aliphatic rings. The van der Waals surface area contributed by atoms with Gasteiger partial charge in [0.15, 0.2) is 0 Å². The maximum absolute atomic E-state index is 5.36. The van der Waals surface area contributed by atoms with Gasteiger partial charge in [0.2, 0.25) is 0 Å². The SMILES string of the molecule is C#CCN(CC)c1cccc(CNC(C)(C)C)n1. The summed E-state index contributed by atoms with van der Waals surface area (Å²) in [5, 5.41) is 3.43. The van der Waals surface area contributed by atoms with Crippen molar-refractivity contribution < 1.29 is 0 Å². The molecule has 0 aliphatic carbocycles. The average molecular weight is 245 g/mol. The summed E-state index contributed by atoms with van der Waals surface area (Å²) in [7, 11) is 0. The number of hydrogen-bond acceptors (Lipinski definition) is 3. The van der Waals surface area contributed by atoms with Crippen LogP contribution >= 0.6 is 0 Å². The largest absolute Gasteiger partial charge is 0.346 e. The molecule has 1 N–H and O–H groups in total. The Kier molecular flexibility index (Phi) is 5.18. The third-order valence-corrected chi connectivity index (χ3v) is 2.58. The van der Waals surface area contributed by atoms with Crippen molar-refractivity contribution in [3.05, 3.63) is 23.9 Å². The van der Waals surface area contributed by atoms with E-state index in [1.54, 1.807) is 0 Å². The van der Waals surface area contributed by atoms with Gasteiger partial charge in [0.25, 0.3) is 0 Å². The number of aromatic nitrogens is 1. The van der Waals surface area contributed by atoms with Crippen LogP contribution in [-0.2, 0) is 6.54 Å². The molecule has 1 aromatic rings. The van der Waals surface area contributed by atoms with Gasteiger partial charge < -0.3 is 10.2 Å². The van der Waals surface area contributed by atoms with E-state index in [0.717, 1.165) is 24.6 Å². The molecule has 0 saturated carbocycles. The summed E-state index contributed by atoms with van der Waals surface area (Å²) in [5.41, 5.74) is 1.14. The minimum atomic E-state index is 0.0982. The lowest BCUT2D eigenvalue weighted by molar-refractivity contribution is 0.421. The van der Waals surface area contributed by atoms with Crippen LogP contribution in [0.4, 0.5) is 5.82 Å². The molecular weight excluding hydrogens is 222 g/mol. The van der Waals surface area contributed by atoms with Gasteiger partial charge >= 0.3 is 0 Å². The summed E-state index contributed by atoms with van der Waals surface area (Å²) < 4.78 is 0. The van der Waals surface area contributed by atoms with Crippen LogP contribution < -0.4 is 10.2 Å². The number of rotatable bonds is 5. The van der Waals surface area contributed by atoms with Crippen LogP contribution in [0, 0.1) is 12.3 Å². The smallest absolute Gasteiger partial charge is 0.129 e. The van der Waals surface area contributed by atoms with Crippen LogP contribution in [0.25, 0.3) is 0 Å². The lowest BCUT2D eigenvalue weighted by Crippen LogP contribution is -2.35. The first-order valence-corrected chi connectivity index (χ1v) is 6.35. The standard InChI is InChI=1S/C15H23N3/c1-6-11-18(7-2)14-10-8-9-13(17-14)12-16-15(3,4)5/h1,8-10,16H,7,11-12H2,2-5H3. The predicted molar refractivity (Wildman–Crippen MR) is 77.5 cm³/mol. The van der Waals surface area contributed by atoms with Crippen LogP contribution in [0.5, 0.6) is 0 Å². The van der Waals surface area contributed by atoms with Crippen molar-refractivity contribution in [3.8, 4) is 12.3 Å².